The molecule has 3 N–H and O–H groups in total. The first-order valence-corrected chi connectivity index (χ1v) is 4.38. The maximum absolute atomic E-state index is 5.66. The maximum Gasteiger partial charge on any atom is 0.248 e. The average molecular weight is 193 g/mol. The van der Waals surface area contributed by atoms with Crippen LogP contribution >= 0.6 is 0 Å². The Balaban J connectivity index is 3.00. The van der Waals surface area contributed by atoms with Crippen LogP contribution in [-0.4, -0.2) is 15.7 Å². The minimum Gasteiger partial charge on any atom is -0.380 e. The lowest BCUT2D eigenvalue weighted by molar-refractivity contribution is 0.822. The molecule has 0 aliphatic carbocycles. The van der Waals surface area contributed by atoms with Crippen molar-refractivity contribution in [3.8, 4) is 0 Å². The molecule has 1 aromatic rings. The number of nitrogens with one attached hydrogen (secondary N) is 1. The molecular weight excluding hydrogens is 178 g/mol. The van der Waals surface area contributed by atoms with Crippen LogP contribution in [0.2, 0.25) is 0 Å². The average Bonchev–Trinajstić information content (AvgIpc) is 2.09. The Kier molecular flexibility index (Phi) is 3.28. The second-order valence-electron chi connectivity index (χ2n) is 3.16. The highest BCUT2D eigenvalue weighted by molar-refractivity contribution is 5.38. The fourth-order valence-corrected chi connectivity index (χ4v) is 1.02. The molecule has 0 bridgehead atoms. The Labute approximate surface area is 83.0 Å². The standard InChI is InChI=1S/C9H15N5/c1-4-11-9-12-5-8(6-14(9)10)13-7(2)3/h4-7,13H,1,10H2,2-3H3. The monoisotopic (exact) mass is 193 g/mol. The Morgan fingerprint density at radius 2 is 2.43 bits per heavy atom. The van der Waals surface area contributed by atoms with Gasteiger partial charge in [0.05, 0.1) is 18.1 Å². The molecule has 0 atom stereocenters. The summed E-state index contributed by atoms with van der Waals surface area (Å²) in [7, 11) is 0. The van der Waals surface area contributed by atoms with E-state index in [9.17, 15) is 0 Å². The van der Waals surface area contributed by atoms with Crippen LogP contribution in [0, 0.1) is 0 Å². The van der Waals surface area contributed by atoms with Gasteiger partial charge < -0.3 is 11.2 Å². The highest BCUT2D eigenvalue weighted by atomic mass is 15.3. The Bertz CT molecular complexity index is 377. The first kappa shape index (κ1) is 10.3. The molecule has 1 heterocycles. The van der Waals surface area contributed by atoms with Gasteiger partial charge in [-0.2, -0.15) is 0 Å². The first-order chi connectivity index (χ1) is 6.63. The molecule has 0 fully saturated rings. The fraction of sp³-hybridized carbons (Fsp3) is 0.333. The molecule has 0 aliphatic rings. The summed E-state index contributed by atoms with van der Waals surface area (Å²) in [5.74, 6) is 5.66. The maximum atomic E-state index is 5.66. The third-order valence-corrected chi connectivity index (χ3v) is 1.49. The molecule has 1 aromatic heterocycles. The molecule has 76 valence electrons. The molecule has 0 radical (unpaired) electrons. The van der Waals surface area contributed by atoms with E-state index in [1.807, 2.05) is 13.8 Å². The van der Waals surface area contributed by atoms with Crippen molar-refractivity contribution in [1.29, 1.82) is 0 Å². The van der Waals surface area contributed by atoms with Crippen LogP contribution < -0.4 is 16.8 Å². The van der Waals surface area contributed by atoms with Crippen molar-refractivity contribution in [3.63, 3.8) is 0 Å². The van der Waals surface area contributed by atoms with Crippen LogP contribution in [0.25, 0.3) is 0 Å². The van der Waals surface area contributed by atoms with Gasteiger partial charge in [0.2, 0.25) is 5.62 Å². The SMILES string of the molecule is C=CN=c1ncc(NC(C)C)cn1N. The van der Waals surface area contributed by atoms with Crippen LogP contribution in [0.15, 0.2) is 30.2 Å². The quantitative estimate of drug-likeness (QED) is 0.685. The van der Waals surface area contributed by atoms with Gasteiger partial charge in [-0.05, 0) is 13.8 Å². The number of nitrogens with two attached hydrogens (primary N) is 1. The van der Waals surface area contributed by atoms with E-state index in [0.29, 0.717) is 11.7 Å². The van der Waals surface area contributed by atoms with Gasteiger partial charge in [0.1, 0.15) is 0 Å². The zero-order valence-corrected chi connectivity index (χ0v) is 8.44. The summed E-state index contributed by atoms with van der Waals surface area (Å²) in [5, 5.41) is 3.18. The van der Waals surface area contributed by atoms with Gasteiger partial charge in [0, 0.05) is 12.2 Å². The van der Waals surface area contributed by atoms with Gasteiger partial charge >= 0.3 is 0 Å². The molecule has 0 aliphatic heterocycles. The largest absolute Gasteiger partial charge is 0.380 e. The van der Waals surface area contributed by atoms with Crippen molar-refractivity contribution in [1.82, 2.24) is 9.66 Å². The summed E-state index contributed by atoms with van der Waals surface area (Å²) < 4.78 is 1.35. The Morgan fingerprint density at radius 3 is 2.93 bits per heavy atom. The van der Waals surface area contributed by atoms with Crippen molar-refractivity contribution < 1.29 is 0 Å². The summed E-state index contributed by atoms with van der Waals surface area (Å²) in [6.07, 6.45) is 4.82. The molecule has 5 heteroatoms. The zero-order valence-electron chi connectivity index (χ0n) is 8.44. The van der Waals surface area contributed by atoms with Gasteiger partial charge in [-0.1, -0.05) is 6.58 Å². The first-order valence-electron chi connectivity index (χ1n) is 4.38. The van der Waals surface area contributed by atoms with Crippen LogP contribution in [0.4, 0.5) is 5.69 Å². The molecule has 0 amide bonds. The Hall–Kier alpha value is -1.78. The molecule has 5 nitrogen and oxygen atoms in total. The minimum atomic E-state index is 0.346. The highest BCUT2D eigenvalue weighted by Crippen LogP contribution is 2.01. The van der Waals surface area contributed by atoms with E-state index in [1.165, 1.54) is 10.9 Å². The van der Waals surface area contributed by atoms with Crippen LogP contribution in [0.5, 0.6) is 0 Å². The van der Waals surface area contributed by atoms with Crippen molar-refractivity contribution in [2.45, 2.75) is 19.9 Å². The third-order valence-electron chi connectivity index (χ3n) is 1.49. The van der Waals surface area contributed by atoms with E-state index in [2.05, 4.69) is 21.9 Å². The number of nitrogens with zero attached hydrogens (tertiary/aromatic N) is 3. The number of aromatic nitrogens is 2. The van der Waals surface area contributed by atoms with Gasteiger partial charge in [-0.25, -0.2) is 14.7 Å². The van der Waals surface area contributed by atoms with Crippen LogP contribution in [-0.2, 0) is 0 Å². The second-order valence-corrected chi connectivity index (χ2v) is 3.16. The van der Waals surface area contributed by atoms with Crippen molar-refractivity contribution in [3.05, 3.63) is 30.8 Å². The lowest BCUT2D eigenvalue weighted by Crippen LogP contribution is -2.30. The number of hydrogen-bond acceptors (Lipinski definition) is 4. The highest BCUT2D eigenvalue weighted by Gasteiger charge is 1.96. The summed E-state index contributed by atoms with van der Waals surface area (Å²) in [6.45, 7) is 7.57. The fourth-order valence-electron chi connectivity index (χ4n) is 1.02. The predicted molar refractivity (Wildman–Crippen MR) is 56.9 cm³/mol. The second kappa shape index (κ2) is 4.45. The molecule has 0 aromatic carbocycles. The van der Waals surface area contributed by atoms with E-state index in [-0.39, 0.29) is 0 Å². The summed E-state index contributed by atoms with van der Waals surface area (Å²) in [6, 6.07) is 0.346. The molecule has 0 spiro atoms. The third kappa shape index (κ3) is 2.62. The van der Waals surface area contributed by atoms with Gasteiger partial charge in [-0.3, -0.25) is 0 Å². The van der Waals surface area contributed by atoms with Crippen LogP contribution in [0.1, 0.15) is 13.8 Å². The lowest BCUT2D eigenvalue weighted by Gasteiger charge is -2.10. The van der Waals surface area contributed by atoms with E-state index >= 15 is 0 Å². The van der Waals surface area contributed by atoms with Crippen molar-refractivity contribution in [2.75, 3.05) is 11.2 Å². The van der Waals surface area contributed by atoms with Crippen molar-refractivity contribution in [2.24, 2.45) is 4.99 Å². The molecule has 0 saturated carbocycles. The zero-order chi connectivity index (χ0) is 10.6. The summed E-state index contributed by atoms with van der Waals surface area (Å²) >= 11 is 0. The molecular formula is C9H15N5. The summed E-state index contributed by atoms with van der Waals surface area (Å²) in [5.41, 5.74) is 1.29. The minimum absolute atomic E-state index is 0.346. The smallest absolute Gasteiger partial charge is 0.248 e. The topological polar surface area (TPSA) is 68.2 Å². The van der Waals surface area contributed by atoms with E-state index in [0.717, 1.165) is 5.69 Å². The lowest BCUT2D eigenvalue weighted by atomic mass is 10.4. The number of nitrogen functional groups attached to an aromatic ring is 1. The molecule has 0 saturated heterocycles. The van der Waals surface area contributed by atoms with Crippen molar-refractivity contribution >= 4 is 5.69 Å². The predicted octanol–water partition coefficient (Wildman–Crippen LogP) is 0.461. The Morgan fingerprint density at radius 1 is 1.71 bits per heavy atom. The van der Waals surface area contributed by atoms with E-state index in [4.69, 9.17) is 5.84 Å². The summed E-state index contributed by atoms with van der Waals surface area (Å²) in [4.78, 5) is 7.95. The number of hydrogen-bond donors (Lipinski definition) is 2. The van der Waals surface area contributed by atoms with E-state index < -0.39 is 0 Å². The molecule has 1 rings (SSSR count). The van der Waals surface area contributed by atoms with Crippen LogP contribution in [0.3, 0.4) is 0 Å². The van der Waals surface area contributed by atoms with Gasteiger partial charge in [-0.15, -0.1) is 0 Å². The van der Waals surface area contributed by atoms with Gasteiger partial charge in [0.15, 0.2) is 0 Å². The molecule has 0 unspecified atom stereocenters. The molecule has 14 heavy (non-hydrogen) atoms. The normalized spacial score (nSPS) is 11.8. The van der Waals surface area contributed by atoms with Gasteiger partial charge in [0.25, 0.3) is 0 Å². The number of rotatable bonds is 3. The number of anilines is 1. The van der Waals surface area contributed by atoms with E-state index in [1.54, 1.807) is 12.4 Å².